The normalized spacial score (nSPS) is 41.6. The highest BCUT2D eigenvalue weighted by Crippen LogP contribution is 2.46. The summed E-state index contributed by atoms with van der Waals surface area (Å²) >= 11 is 0. The summed E-state index contributed by atoms with van der Waals surface area (Å²) < 4.78 is 6.52. The predicted molar refractivity (Wildman–Crippen MR) is 105 cm³/mol. The summed E-state index contributed by atoms with van der Waals surface area (Å²) in [4.78, 5) is 12.6. The Kier molecular flexibility index (Phi) is 7.35. The molecule has 5 heteroatoms. The summed E-state index contributed by atoms with van der Waals surface area (Å²) in [5.74, 6) is 2.44. The molecule has 9 atom stereocenters. The molecular weight excluding hydrogens is 342 g/mol. The van der Waals surface area contributed by atoms with Gasteiger partial charge >= 0.3 is 0 Å². The van der Waals surface area contributed by atoms with Gasteiger partial charge in [-0.05, 0) is 25.2 Å². The third kappa shape index (κ3) is 4.34. The molecule has 0 bridgehead atoms. The number of ether oxygens (including phenoxy) is 1. The van der Waals surface area contributed by atoms with Crippen LogP contribution < -0.4 is 5.32 Å². The van der Waals surface area contributed by atoms with Gasteiger partial charge in [0.1, 0.15) is 5.72 Å². The summed E-state index contributed by atoms with van der Waals surface area (Å²) in [6.07, 6.45) is 7.23. The Labute approximate surface area is 164 Å². The zero-order valence-corrected chi connectivity index (χ0v) is 17.4. The minimum Gasteiger partial charge on any atom is -0.393 e. The molecule has 27 heavy (non-hydrogen) atoms. The van der Waals surface area contributed by atoms with Crippen molar-refractivity contribution in [2.75, 3.05) is 0 Å². The maximum Gasteiger partial charge on any atom is 0.225 e. The molecule has 1 spiro atoms. The second-order valence-electron chi connectivity index (χ2n) is 8.84. The number of hydrogen-bond acceptors (Lipinski definition) is 4. The van der Waals surface area contributed by atoms with Crippen molar-refractivity contribution in [3.05, 3.63) is 0 Å². The van der Waals surface area contributed by atoms with E-state index >= 15 is 0 Å². The van der Waals surface area contributed by atoms with Crippen molar-refractivity contribution in [1.82, 2.24) is 5.32 Å². The summed E-state index contributed by atoms with van der Waals surface area (Å²) in [6.45, 7) is 10.0. The van der Waals surface area contributed by atoms with Crippen LogP contribution in [0, 0.1) is 41.9 Å². The second-order valence-corrected chi connectivity index (χ2v) is 8.84. The molecule has 0 aromatic rings. The van der Waals surface area contributed by atoms with E-state index in [2.05, 4.69) is 18.2 Å². The average molecular weight is 380 g/mol. The lowest BCUT2D eigenvalue weighted by molar-refractivity contribution is -0.267. The van der Waals surface area contributed by atoms with E-state index in [0.717, 1.165) is 19.3 Å². The smallest absolute Gasteiger partial charge is 0.225 e. The van der Waals surface area contributed by atoms with Crippen molar-refractivity contribution in [2.45, 2.75) is 90.8 Å². The molecule has 0 saturated carbocycles. The Morgan fingerprint density at radius 2 is 2.07 bits per heavy atom. The topological polar surface area (TPSA) is 78.8 Å². The molecule has 0 radical (unpaired) electrons. The molecule has 2 aliphatic heterocycles. The van der Waals surface area contributed by atoms with Crippen LogP contribution in [-0.2, 0) is 9.53 Å². The van der Waals surface area contributed by atoms with Crippen molar-refractivity contribution in [2.24, 2.45) is 29.6 Å². The lowest BCUT2D eigenvalue weighted by atomic mass is 9.69. The first kappa shape index (κ1) is 22.2. The van der Waals surface area contributed by atoms with E-state index in [1.807, 2.05) is 27.7 Å². The average Bonchev–Trinajstić information content (AvgIpc) is 2.64. The molecule has 0 aromatic heterocycles. The first-order chi connectivity index (χ1) is 12.7. The van der Waals surface area contributed by atoms with Gasteiger partial charge in [0.05, 0.1) is 18.3 Å². The van der Waals surface area contributed by atoms with Gasteiger partial charge in [0.15, 0.2) is 0 Å². The standard InChI is InChI=1S/C22H37NO4/c1-7-9-10-13(3)18(24)12-19-15(5)20(25)16(6)22(27-19)14(4)11-17(8-2)21(26)23-22/h1,13-20,24-25H,8-12H2,2-6H3,(H,23,26)/t13-,14-,15-,16-,17-,18-,19-,20-,22+/m0/s1. The van der Waals surface area contributed by atoms with Gasteiger partial charge in [-0.1, -0.05) is 34.6 Å². The van der Waals surface area contributed by atoms with Gasteiger partial charge in [-0.3, -0.25) is 4.79 Å². The zero-order valence-electron chi connectivity index (χ0n) is 17.4. The molecule has 2 saturated heterocycles. The van der Waals surface area contributed by atoms with Crippen LogP contribution in [0.5, 0.6) is 0 Å². The van der Waals surface area contributed by atoms with E-state index < -0.39 is 17.9 Å². The lowest BCUT2D eigenvalue weighted by Crippen LogP contribution is -2.71. The summed E-state index contributed by atoms with van der Waals surface area (Å²) in [5.41, 5.74) is -0.874. The van der Waals surface area contributed by atoms with Crippen LogP contribution in [0.25, 0.3) is 0 Å². The van der Waals surface area contributed by atoms with Gasteiger partial charge in [0.2, 0.25) is 5.91 Å². The predicted octanol–water partition coefficient (Wildman–Crippen LogP) is 2.70. The maximum atomic E-state index is 12.6. The summed E-state index contributed by atoms with van der Waals surface area (Å²) in [5, 5.41) is 24.7. The Bertz CT molecular complexity index is 559. The highest BCUT2D eigenvalue weighted by atomic mass is 16.5. The number of aliphatic hydroxyl groups excluding tert-OH is 2. The van der Waals surface area contributed by atoms with E-state index in [-0.39, 0.29) is 41.6 Å². The number of rotatable bonds is 6. The van der Waals surface area contributed by atoms with Gasteiger partial charge in [-0.25, -0.2) is 0 Å². The first-order valence-electron chi connectivity index (χ1n) is 10.5. The molecule has 2 aliphatic rings. The Morgan fingerprint density at radius 3 is 2.67 bits per heavy atom. The SMILES string of the molecule is C#CCC[C@H](C)[C@@H](O)C[C@@H]1O[C@@]2(NC(=O)[C@@H](CC)C[C@@H]2C)[C@@H](C)[C@@H](O)[C@H]1C. The van der Waals surface area contributed by atoms with Crippen molar-refractivity contribution in [3.63, 3.8) is 0 Å². The second kappa shape index (κ2) is 8.94. The van der Waals surface area contributed by atoms with Crippen LogP contribution >= 0.6 is 0 Å². The minimum absolute atomic E-state index is 0.00545. The molecule has 3 N–H and O–H groups in total. The molecule has 2 heterocycles. The van der Waals surface area contributed by atoms with E-state index in [1.165, 1.54) is 0 Å². The molecule has 5 nitrogen and oxygen atoms in total. The number of carbonyl (C=O) groups is 1. The fraction of sp³-hybridized carbons (Fsp3) is 0.864. The number of hydrogen-bond donors (Lipinski definition) is 3. The van der Waals surface area contributed by atoms with Crippen LogP contribution in [0.2, 0.25) is 0 Å². The fourth-order valence-electron chi connectivity index (χ4n) is 4.82. The van der Waals surface area contributed by atoms with Crippen LogP contribution in [0.4, 0.5) is 0 Å². The number of terminal acetylenes is 1. The van der Waals surface area contributed by atoms with E-state index in [1.54, 1.807) is 0 Å². The summed E-state index contributed by atoms with van der Waals surface area (Å²) in [7, 11) is 0. The Balaban J connectivity index is 2.18. The van der Waals surface area contributed by atoms with Crippen molar-refractivity contribution in [1.29, 1.82) is 0 Å². The third-order valence-electron chi connectivity index (χ3n) is 7.09. The largest absolute Gasteiger partial charge is 0.393 e. The molecular formula is C22H37NO4. The molecule has 0 aliphatic carbocycles. The van der Waals surface area contributed by atoms with Crippen LogP contribution in [0.3, 0.4) is 0 Å². The molecule has 0 aromatic carbocycles. The monoisotopic (exact) mass is 379 g/mol. The van der Waals surface area contributed by atoms with Crippen LogP contribution in [0.15, 0.2) is 0 Å². The number of amides is 1. The fourth-order valence-corrected chi connectivity index (χ4v) is 4.82. The zero-order chi connectivity index (χ0) is 20.4. The van der Waals surface area contributed by atoms with Crippen LogP contribution in [-0.4, -0.2) is 40.2 Å². The molecule has 1 amide bonds. The molecule has 154 valence electrons. The minimum atomic E-state index is -0.874. The van der Waals surface area contributed by atoms with Gasteiger partial charge in [0.25, 0.3) is 0 Å². The quantitative estimate of drug-likeness (QED) is 0.620. The van der Waals surface area contributed by atoms with Crippen LogP contribution in [0.1, 0.15) is 66.7 Å². The van der Waals surface area contributed by atoms with Gasteiger partial charge in [-0.2, -0.15) is 0 Å². The Hall–Kier alpha value is -1.09. The first-order valence-corrected chi connectivity index (χ1v) is 10.5. The highest BCUT2D eigenvalue weighted by molar-refractivity contribution is 5.80. The summed E-state index contributed by atoms with van der Waals surface area (Å²) in [6, 6.07) is 0. The van der Waals surface area contributed by atoms with Gasteiger partial charge in [0, 0.05) is 36.5 Å². The Morgan fingerprint density at radius 1 is 1.41 bits per heavy atom. The number of nitrogens with one attached hydrogen (secondary N) is 1. The van der Waals surface area contributed by atoms with Gasteiger partial charge < -0.3 is 20.3 Å². The number of aliphatic hydroxyl groups is 2. The van der Waals surface area contributed by atoms with E-state index in [9.17, 15) is 15.0 Å². The number of carbonyl (C=O) groups excluding carboxylic acids is 1. The maximum absolute atomic E-state index is 12.6. The molecule has 2 rings (SSSR count). The van der Waals surface area contributed by atoms with Crippen molar-refractivity contribution >= 4 is 5.91 Å². The molecule has 2 fully saturated rings. The van der Waals surface area contributed by atoms with Gasteiger partial charge in [-0.15, -0.1) is 12.3 Å². The van der Waals surface area contributed by atoms with Crippen molar-refractivity contribution < 1.29 is 19.7 Å². The third-order valence-corrected chi connectivity index (χ3v) is 7.09. The van der Waals surface area contributed by atoms with E-state index in [0.29, 0.717) is 12.8 Å². The highest BCUT2D eigenvalue weighted by Gasteiger charge is 2.57. The molecule has 0 unspecified atom stereocenters. The van der Waals surface area contributed by atoms with Crippen molar-refractivity contribution in [3.8, 4) is 12.3 Å². The van der Waals surface area contributed by atoms with E-state index in [4.69, 9.17) is 11.2 Å². The number of piperidine rings is 1. The lowest BCUT2D eigenvalue weighted by Gasteiger charge is -2.56.